The second-order valence-corrected chi connectivity index (χ2v) is 9.63. The standard InChI is InChI=1S/C30H30F3N3O4/c1-19(2)20-7-9-21(10-8-20)24(17-28(37)40-29(38)30(31,32)33)25-18-36-26-16-22(11-12-23(25)26)39-15-5-14-35-27-6-3-4-13-34-27/h3-4,6-13,16,18-19,24,36H,5,14-15,17H2,1-2H3,(H,34,35). The van der Waals surface area contributed by atoms with E-state index < -0.39 is 30.5 Å². The Morgan fingerprint density at radius 3 is 2.45 bits per heavy atom. The predicted molar refractivity (Wildman–Crippen MR) is 145 cm³/mol. The van der Waals surface area contributed by atoms with Gasteiger partial charge in [0.15, 0.2) is 0 Å². The molecule has 0 spiro atoms. The number of esters is 2. The van der Waals surface area contributed by atoms with Crippen LogP contribution in [0.5, 0.6) is 5.75 Å². The molecule has 2 N–H and O–H groups in total. The monoisotopic (exact) mass is 553 g/mol. The van der Waals surface area contributed by atoms with Crippen LogP contribution in [-0.4, -0.2) is 41.2 Å². The van der Waals surface area contributed by atoms with Gasteiger partial charge >= 0.3 is 18.1 Å². The molecule has 0 aliphatic heterocycles. The van der Waals surface area contributed by atoms with E-state index in [0.717, 1.165) is 28.7 Å². The number of pyridine rings is 1. The zero-order valence-electron chi connectivity index (χ0n) is 22.1. The van der Waals surface area contributed by atoms with Gasteiger partial charge in [0, 0.05) is 41.8 Å². The maximum absolute atomic E-state index is 12.7. The SMILES string of the molecule is CC(C)c1ccc(C(CC(=O)OC(=O)C(F)(F)F)c2c[nH]c3cc(OCCCNc4ccccn4)ccc23)cc1. The molecule has 0 fully saturated rings. The number of aromatic nitrogens is 2. The van der Waals surface area contributed by atoms with E-state index in [1.165, 1.54) is 0 Å². The predicted octanol–water partition coefficient (Wildman–Crippen LogP) is 6.72. The third-order valence-electron chi connectivity index (χ3n) is 6.44. The molecule has 2 aromatic carbocycles. The molecule has 0 radical (unpaired) electrons. The molecule has 40 heavy (non-hydrogen) atoms. The van der Waals surface area contributed by atoms with E-state index in [0.29, 0.717) is 30.0 Å². The first kappa shape index (κ1) is 28.7. The summed E-state index contributed by atoms with van der Waals surface area (Å²) in [5.41, 5.74) is 3.22. The molecule has 10 heteroatoms. The van der Waals surface area contributed by atoms with Gasteiger partial charge in [-0.3, -0.25) is 4.79 Å². The van der Waals surface area contributed by atoms with Gasteiger partial charge in [-0.1, -0.05) is 44.2 Å². The van der Waals surface area contributed by atoms with Crippen molar-refractivity contribution in [1.82, 2.24) is 9.97 Å². The van der Waals surface area contributed by atoms with Crippen LogP contribution >= 0.6 is 0 Å². The number of nitrogens with one attached hydrogen (secondary N) is 2. The van der Waals surface area contributed by atoms with E-state index in [-0.39, 0.29) is 5.92 Å². The molecule has 4 aromatic rings. The molecule has 210 valence electrons. The Balaban J connectivity index is 1.49. The number of benzene rings is 2. The Hall–Kier alpha value is -4.34. The number of alkyl halides is 3. The lowest BCUT2D eigenvalue weighted by Crippen LogP contribution is -2.28. The van der Waals surface area contributed by atoms with Crippen molar-refractivity contribution in [2.24, 2.45) is 0 Å². The normalized spacial score (nSPS) is 12.3. The number of hydrogen-bond acceptors (Lipinski definition) is 6. The number of H-pyrrole nitrogens is 1. The second-order valence-electron chi connectivity index (χ2n) is 9.63. The number of aromatic amines is 1. The van der Waals surface area contributed by atoms with Gasteiger partial charge in [-0.05, 0) is 53.3 Å². The fourth-order valence-corrected chi connectivity index (χ4v) is 4.34. The summed E-state index contributed by atoms with van der Waals surface area (Å²) in [7, 11) is 0. The summed E-state index contributed by atoms with van der Waals surface area (Å²) in [6, 6.07) is 18.6. The molecule has 0 aliphatic carbocycles. The van der Waals surface area contributed by atoms with Crippen molar-refractivity contribution in [3.63, 3.8) is 0 Å². The molecule has 4 rings (SSSR count). The van der Waals surface area contributed by atoms with E-state index in [4.69, 9.17) is 4.74 Å². The van der Waals surface area contributed by atoms with Gasteiger partial charge in [0.25, 0.3) is 0 Å². The van der Waals surface area contributed by atoms with Crippen molar-refractivity contribution in [2.75, 3.05) is 18.5 Å². The Bertz CT molecular complexity index is 1430. The van der Waals surface area contributed by atoms with Gasteiger partial charge in [-0.15, -0.1) is 0 Å². The van der Waals surface area contributed by atoms with E-state index in [1.807, 2.05) is 68.4 Å². The zero-order chi connectivity index (χ0) is 28.7. The Morgan fingerprint density at radius 1 is 1.02 bits per heavy atom. The van der Waals surface area contributed by atoms with E-state index >= 15 is 0 Å². The lowest BCUT2D eigenvalue weighted by molar-refractivity contribution is -0.201. The molecule has 0 bridgehead atoms. The molecule has 7 nitrogen and oxygen atoms in total. The highest BCUT2D eigenvalue weighted by Gasteiger charge is 2.42. The van der Waals surface area contributed by atoms with Crippen LogP contribution in [0.25, 0.3) is 10.9 Å². The number of carbonyl (C=O) groups is 2. The largest absolute Gasteiger partial charge is 0.493 e. The number of halogens is 3. The minimum Gasteiger partial charge on any atom is -0.493 e. The smallest absolute Gasteiger partial charge is 0.491 e. The lowest BCUT2D eigenvalue weighted by atomic mass is 9.87. The van der Waals surface area contributed by atoms with Crippen molar-refractivity contribution in [3.8, 4) is 5.75 Å². The fourth-order valence-electron chi connectivity index (χ4n) is 4.34. The molecule has 0 amide bonds. The van der Waals surface area contributed by atoms with Crippen LogP contribution in [-0.2, 0) is 14.3 Å². The number of rotatable bonds is 11. The Kier molecular flexibility index (Phi) is 9.08. The third kappa shape index (κ3) is 7.40. The van der Waals surface area contributed by atoms with Gasteiger partial charge in [-0.2, -0.15) is 13.2 Å². The first-order valence-electron chi connectivity index (χ1n) is 12.9. The molecule has 1 unspecified atom stereocenters. The molecule has 0 aliphatic rings. The fraction of sp³-hybridized carbons (Fsp3) is 0.300. The van der Waals surface area contributed by atoms with Gasteiger partial charge < -0.3 is 19.8 Å². The Labute approximate surface area is 229 Å². The van der Waals surface area contributed by atoms with Gasteiger partial charge in [0.2, 0.25) is 0 Å². The van der Waals surface area contributed by atoms with Crippen molar-refractivity contribution in [3.05, 3.63) is 89.7 Å². The first-order valence-corrected chi connectivity index (χ1v) is 12.9. The lowest BCUT2D eigenvalue weighted by Gasteiger charge is -2.18. The molecular weight excluding hydrogens is 523 g/mol. The minimum absolute atomic E-state index is 0.277. The maximum atomic E-state index is 12.7. The first-order chi connectivity index (χ1) is 19.1. The summed E-state index contributed by atoms with van der Waals surface area (Å²) >= 11 is 0. The molecule has 2 heterocycles. The summed E-state index contributed by atoms with van der Waals surface area (Å²) in [5, 5.41) is 3.99. The number of ether oxygens (including phenoxy) is 2. The average Bonchev–Trinajstić information content (AvgIpc) is 3.34. The molecule has 0 saturated carbocycles. The van der Waals surface area contributed by atoms with Crippen LogP contribution in [0.2, 0.25) is 0 Å². The van der Waals surface area contributed by atoms with Crippen LogP contribution in [0.4, 0.5) is 19.0 Å². The topological polar surface area (TPSA) is 93.3 Å². The van der Waals surface area contributed by atoms with Crippen molar-refractivity contribution in [1.29, 1.82) is 0 Å². The van der Waals surface area contributed by atoms with Crippen LogP contribution in [0.1, 0.15) is 55.2 Å². The van der Waals surface area contributed by atoms with Crippen molar-refractivity contribution < 1.29 is 32.2 Å². The highest BCUT2D eigenvalue weighted by Crippen LogP contribution is 2.36. The number of nitrogens with zero attached hydrogens (tertiary/aromatic N) is 1. The summed E-state index contributed by atoms with van der Waals surface area (Å²) in [5.74, 6) is -2.71. The summed E-state index contributed by atoms with van der Waals surface area (Å²) in [6.07, 6.45) is -1.52. The van der Waals surface area contributed by atoms with Crippen LogP contribution in [0.3, 0.4) is 0 Å². The minimum atomic E-state index is -5.25. The molecule has 2 aromatic heterocycles. The van der Waals surface area contributed by atoms with Crippen LogP contribution in [0, 0.1) is 0 Å². The van der Waals surface area contributed by atoms with Crippen LogP contribution in [0.15, 0.2) is 73.1 Å². The maximum Gasteiger partial charge on any atom is 0.491 e. The quantitative estimate of drug-likeness (QED) is 0.122. The molecule has 1 atom stereocenters. The average molecular weight is 554 g/mol. The van der Waals surface area contributed by atoms with E-state index in [9.17, 15) is 22.8 Å². The molecule has 0 saturated heterocycles. The second kappa shape index (κ2) is 12.7. The molecular formula is C30H30F3N3O4. The summed E-state index contributed by atoms with van der Waals surface area (Å²) in [4.78, 5) is 31.1. The summed E-state index contributed by atoms with van der Waals surface area (Å²) < 4.78 is 48.0. The number of hydrogen-bond donors (Lipinski definition) is 2. The number of carbonyl (C=O) groups excluding carboxylic acids is 2. The van der Waals surface area contributed by atoms with E-state index in [1.54, 1.807) is 18.5 Å². The van der Waals surface area contributed by atoms with Crippen molar-refractivity contribution >= 4 is 28.7 Å². The number of fused-ring (bicyclic) bond motifs is 1. The Morgan fingerprint density at radius 2 is 1.77 bits per heavy atom. The third-order valence-corrected chi connectivity index (χ3v) is 6.44. The van der Waals surface area contributed by atoms with Crippen molar-refractivity contribution in [2.45, 2.75) is 44.7 Å². The highest BCUT2D eigenvalue weighted by atomic mass is 19.4. The highest BCUT2D eigenvalue weighted by molar-refractivity contribution is 5.90. The van der Waals surface area contributed by atoms with Gasteiger partial charge in [0.05, 0.1) is 13.0 Å². The number of anilines is 1. The van der Waals surface area contributed by atoms with E-state index in [2.05, 4.69) is 20.0 Å². The van der Waals surface area contributed by atoms with Gasteiger partial charge in [0.1, 0.15) is 11.6 Å². The zero-order valence-corrected chi connectivity index (χ0v) is 22.1. The van der Waals surface area contributed by atoms with Gasteiger partial charge in [-0.25, -0.2) is 9.78 Å². The van der Waals surface area contributed by atoms with Crippen LogP contribution < -0.4 is 10.1 Å². The summed E-state index contributed by atoms with van der Waals surface area (Å²) in [6.45, 7) is 5.25.